The number of sulfone groups is 1. The highest BCUT2D eigenvalue weighted by molar-refractivity contribution is 7.91. The molecule has 1 amide bonds. The van der Waals surface area contributed by atoms with Gasteiger partial charge in [-0.3, -0.25) is 4.79 Å². The molecule has 1 aliphatic heterocycles. The van der Waals surface area contributed by atoms with Gasteiger partial charge >= 0.3 is 0 Å². The molecule has 0 radical (unpaired) electrons. The first kappa shape index (κ1) is 21.3. The minimum Gasteiger partial charge on any atom is -0.331 e. The molecule has 2 aromatic carbocycles. The standard InChI is InChI=1S/C24H29NO3S/c1-24(2,3)21-12-9-20(10-13-21)17-25(22-15-16-29(27,28)18-22)23(26)14-11-19-7-5-4-6-8-19/h4-14,22H,15-18H2,1-3H3/b14-11+/t22-/m0/s1. The Morgan fingerprint density at radius 3 is 2.28 bits per heavy atom. The molecule has 4 nitrogen and oxygen atoms in total. The average Bonchev–Trinajstić information content (AvgIpc) is 3.04. The third-order valence-electron chi connectivity index (χ3n) is 5.32. The number of rotatable bonds is 5. The molecular formula is C24H29NO3S. The Morgan fingerprint density at radius 2 is 1.72 bits per heavy atom. The minimum atomic E-state index is -3.08. The molecule has 1 fully saturated rings. The maximum atomic E-state index is 13.0. The van der Waals surface area contributed by atoms with Crippen molar-refractivity contribution in [2.75, 3.05) is 11.5 Å². The molecule has 0 unspecified atom stereocenters. The van der Waals surface area contributed by atoms with E-state index in [0.29, 0.717) is 13.0 Å². The molecule has 1 aliphatic rings. The summed E-state index contributed by atoms with van der Waals surface area (Å²) in [5, 5.41) is 0. The molecule has 0 aliphatic carbocycles. The van der Waals surface area contributed by atoms with E-state index in [9.17, 15) is 13.2 Å². The van der Waals surface area contributed by atoms with E-state index in [1.54, 1.807) is 17.1 Å². The van der Waals surface area contributed by atoms with Gasteiger partial charge in [-0.15, -0.1) is 0 Å². The van der Waals surface area contributed by atoms with Crippen molar-refractivity contribution in [3.05, 3.63) is 77.4 Å². The van der Waals surface area contributed by atoms with Crippen molar-refractivity contribution >= 4 is 21.8 Å². The average molecular weight is 412 g/mol. The van der Waals surface area contributed by atoms with E-state index >= 15 is 0 Å². The predicted octanol–water partition coefficient (Wildman–Crippen LogP) is 4.21. The predicted molar refractivity (Wildman–Crippen MR) is 118 cm³/mol. The fraction of sp³-hybridized carbons (Fsp3) is 0.375. The van der Waals surface area contributed by atoms with Crippen molar-refractivity contribution < 1.29 is 13.2 Å². The molecule has 154 valence electrons. The fourth-order valence-corrected chi connectivity index (χ4v) is 5.27. The van der Waals surface area contributed by atoms with Gasteiger partial charge in [0.05, 0.1) is 11.5 Å². The van der Waals surface area contributed by atoms with Crippen molar-refractivity contribution in [2.45, 2.75) is 45.2 Å². The van der Waals surface area contributed by atoms with Crippen LogP contribution < -0.4 is 0 Å². The molecule has 0 aromatic heterocycles. The Labute approximate surface area is 174 Å². The Balaban J connectivity index is 1.81. The molecule has 0 N–H and O–H groups in total. The first-order valence-corrected chi connectivity index (χ1v) is 11.8. The maximum absolute atomic E-state index is 13.0. The molecule has 0 bridgehead atoms. The highest BCUT2D eigenvalue weighted by Crippen LogP contribution is 2.24. The van der Waals surface area contributed by atoms with Crippen LogP contribution in [0, 0.1) is 0 Å². The van der Waals surface area contributed by atoms with E-state index in [-0.39, 0.29) is 28.9 Å². The van der Waals surface area contributed by atoms with Crippen LogP contribution in [0.15, 0.2) is 60.7 Å². The summed E-state index contributed by atoms with van der Waals surface area (Å²) in [4.78, 5) is 14.7. The number of hydrogen-bond donors (Lipinski definition) is 0. The second-order valence-corrected chi connectivity index (χ2v) is 10.9. The van der Waals surface area contributed by atoms with Crippen LogP contribution >= 0.6 is 0 Å². The smallest absolute Gasteiger partial charge is 0.247 e. The number of nitrogens with zero attached hydrogens (tertiary/aromatic N) is 1. The van der Waals surface area contributed by atoms with Gasteiger partial charge in [-0.2, -0.15) is 0 Å². The van der Waals surface area contributed by atoms with Crippen LogP contribution in [0.4, 0.5) is 0 Å². The van der Waals surface area contributed by atoms with Gasteiger partial charge in [0.1, 0.15) is 0 Å². The summed E-state index contributed by atoms with van der Waals surface area (Å²) in [6.45, 7) is 6.89. The summed E-state index contributed by atoms with van der Waals surface area (Å²) < 4.78 is 24.0. The number of benzene rings is 2. The van der Waals surface area contributed by atoms with Gasteiger partial charge in [-0.25, -0.2) is 8.42 Å². The molecule has 1 saturated heterocycles. The molecule has 0 spiro atoms. The van der Waals surface area contributed by atoms with Crippen LogP contribution in [-0.4, -0.2) is 36.8 Å². The van der Waals surface area contributed by atoms with Crippen LogP contribution in [0.3, 0.4) is 0 Å². The van der Waals surface area contributed by atoms with Crippen molar-refractivity contribution in [3.63, 3.8) is 0 Å². The number of carbonyl (C=O) groups is 1. The lowest BCUT2D eigenvalue weighted by Gasteiger charge is -2.28. The molecular weight excluding hydrogens is 382 g/mol. The summed E-state index contributed by atoms with van der Waals surface area (Å²) in [6.07, 6.45) is 3.82. The van der Waals surface area contributed by atoms with E-state index in [0.717, 1.165) is 11.1 Å². The van der Waals surface area contributed by atoms with Crippen LogP contribution in [0.1, 0.15) is 43.9 Å². The number of amides is 1. The number of carbonyl (C=O) groups excluding carboxylic acids is 1. The summed E-state index contributed by atoms with van der Waals surface area (Å²) in [5.41, 5.74) is 3.23. The van der Waals surface area contributed by atoms with Crippen LogP contribution in [0.5, 0.6) is 0 Å². The van der Waals surface area contributed by atoms with Crippen molar-refractivity contribution in [1.29, 1.82) is 0 Å². The van der Waals surface area contributed by atoms with Gasteiger partial charge in [0, 0.05) is 18.7 Å². The zero-order valence-corrected chi connectivity index (χ0v) is 18.2. The first-order chi connectivity index (χ1) is 13.6. The van der Waals surface area contributed by atoms with Gasteiger partial charge < -0.3 is 4.90 Å². The van der Waals surface area contributed by atoms with E-state index in [1.165, 1.54) is 5.56 Å². The van der Waals surface area contributed by atoms with Gasteiger partial charge in [0.15, 0.2) is 9.84 Å². The Kier molecular flexibility index (Phi) is 6.27. The lowest BCUT2D eigenvalue weighted by Crippen LogP contribution is -2.39. The van der Waals surface area contributed by atoms with Crippen LogP contribution in [0.2, 0.25) is 0 Å². The van der Waals surface area contributed by atoms with Gasteiger partial charge in [0.25, 0.3) is 0 Å². The molecule has 2 aromatic rings. The van der Waals surface area contributed by atoms with Crippen molar-refractivity contribution in [1.82, 2.24) is 4.90 Å². The van der Waals surface area contributed by atoms with Crippen molar-refractivity contribution in [3.8, 4) is 0 Å². The maximum Gasteiger partial charge on any atom is 0.247 e. The van der Waals surface area contributed by atoms with Gasteiger partial charge in [0.2, 0.25) is 5.91 Å². The summed E-state index contributed by atoms with van der Waals surface area (Å²) in [5.74, 6) is 0.0287. The van der Waals surface area contributed by atoms with E-state index in [1.807, 2.05) is 42.5 Å². The van der Waals surface area contributed by atoms with Gasteiger partial charge in [-0.05, 0) is 34.6 Å². The monoisotopic (exact) mass is 411 g/mol. The molecule has 1 heterocycles. The molecule has 5 heteroatoms. The quantitative estimate of drug-likeness (QED) is 0.693. The lowest BCUT2D eigenvalue weighted by atomic mass is 9.86. The van der Waals surface area contributed by atoms with E-state index < -0.39 is 9.84 Å². The topological polar surface area (TPSA) is 54.5 Å². The van der Waals surface area contributed by atoms with Crippen molar-refractivity contribution in [2.24, 2.45) is 0 Å². The highest BCUT2D eigenvalue weighted by atomic mass is 32.2. The van der Waals surface area contributed by atoms with E-state index in [4.69, 9.17) is 0 Å². The van der Waals surface area contributed by atoms with Crippen LogP contribution in [-0.2, 0) is 26.6 Å². The third-order valence-corrected chi connectivity index (χ3v) is 7.07. The molecule has 29 heavy (non-hydrogen) atoms. The Hall–Kier alpha value is -2.40. The minimum absolute atomic E-state index is 0.0397. The first-order valence-electron chi connectivity index (χ1n) is 9.98. The van der Waals surface area contributed by atoms with Gasteiger partial charge in [-0.1, -0.05) is 75.4 Å². The molecule has 3 rings (SSSR count). The normalized spacial score (nSPS) is 18.8. The highest BCUT2D eigenvalue weighted by Gasteiger charge is 2.34. The number of hydrogen-bond acceptors (Lipinski definition) is 3. The summed E-state index contributed by atoms with van der Waals surface area (Å²) >= 11 is 0. The molecule has 0 saturated carbocycles. The van der Waals surface area contributed by atoms with Crippen LogP contribution in [0.25, 0.3) is 6.08 Å². The molecule has 1 atom stereocenters. The van der Waals surface area contributed by atoms with E-state index in [2.05, 4.69) is 32.9 Å². The SMILES string of the molecule is CC(C)(C)c1ccc(CN(C(=O)/C=C/c2ccccc2)[C@H]2CCS(=O)(=O)C2)cc1. The lowest BCUT2D eigenvalue weighted by molar-refractivity contribution is -0.128. The second kappa shape index (κ2) is 8.54. The summed E-state index contributed by atoms with van der Waals surface area (Å²) in [7, 11) is -3.08. The summed E-state index contributed by atoms with van der Waals surface area (Å²) in [6, 6.07) is 17.6. The largest absolute Gasteiger partial charge is 0.331 e. The zero-order chi connectivity index (χ0) is 21.1. The second-order valence-electron chi connectivity index (χ2n) is 8.71. The zero-order valence-electron chi connectivity index (χ0n) is 17.3. The Bertz CT molecular complexity index is 971. The Morgan fingerprint density at radius 1 is 1.07 bits per heavy atom. The fourth-order valence-electron chi connectivity index (χ4n) is 3.54. The third kappa shape index (κ3) is 5.80.